The van der Waals surface area contributed by atoms with Crippen molar-refractivity contribution < 1.29 is 9.84 Å². The molecule has 3 atom stereocenters. The Balaban J connectivity index is 2.96. The maximum Gasteiger partial charge on any atom is 0.124 e. The van der Waals surface area contributed by atoms with Crippen molar-refractivity contribution in [2.75, 3.05) is 6.54 Å². The summed E-state index contributed by atoms with van der Waals surface area (Å²) in [6, 6.07) is 6.45. The lowest BCUT2D eigenvalue weighted by Gasteiger charge is -2.23. The lowest BCUT2D eigenvalue weighted by atomic mass is 10.0. The minimum atomic E-state index is -0.479. The molecule has 1 aromatic carbocycles. The van der Waals surface area contributed by atoms with Crippen LogP contribution in [-0.4, -0.2) is 23.9 Å². The molecule has 0 aromatic heterocycles. The molecule has 1 aromatic rings. The van der Waals surface area contributed by atoms with Gasteiger partial charge in [0.15, 0.2) is 0 Å². The molecular weight excluding hydrogens is 226 g/mol. The highest BCUT2D eigenvalue weighted by atomic mass is 16.5. The van der Waals surface area contributed by atoms with E-state index < -0.39 is 6.10 Å². The lowest BCUT2D eigenvalue weighted by Crippen LogP contribution is -2.27. The average molecular weight is 251 g/mol. The Morgan fingerprint density at radius 1 is 1.28 bits per heavy atom. The van der Waals surface area contributed by atoms with Crippen LogP contribution in [0.2, 0.25) is 0 Å². The lowest BCUT2D eigenvalue weighted by molar-refractivity contribution is 0.0595. The number of hydrogen-bond acceptors (Lipinski definition) is 3. The predicted octanol–water partition coefficient (Wildman–Crippen LogP) is 2.81. The van der Waals surface area contributed by atoms with Crippen LogP contribution in [0.5, 0.6) is 5.75 Å². The fourth-order valence-electron chi connectivity index (χ4n) is 1.82. The summed E-state index contributed by atoms with van der Waals surface area (Å²) in [6.45, 7) is 10.8. The normalized spacial score (nSPS) is 16.1. The molecule has 0 bridgehead atoms. The Morgan fingerprint density at radius 2 is 1.94 bits per heavy atom. The zero-order chi connectivity index (χ0) is 13.7. The van der Waals surface area contributed by atoms with E-state index >= 15 is 0 Å². The van der Waals surface area contributed by atoms with Gasteiger partial charge in [0.05, 0.1) is 6.10 Å². The summed E-state index contributed by atoms with van der Waals surface area (Å²) in [5, 5.41) is 12.9. The quantitative estimate of drug-likeness (QED) is 0.817. The van der Waals surface area contributed by atoms with Crippen LogP contribution in [-0.2, 0) is 0 Å². The van der Waals surface area contributed by atoms with Crippen LogP contribution in [0.25, 0.3) is 0 Å². The van der Waals surface area contributed by atoms with Crippen LogP contribution in [0.15, 0.2) is 18.2 Å². The highest BCUT2D eigenvalue weighted by molar-refractivity contribution is 5.39. The van der Waals surface area contributed by atoms with Gasteiger partial charge in [-0.15, -0.1) is 0 Å². The Kier molecular flexibility index (Phi) is 5.63. The highest BCUT2D eigenvalue weighted by Gasteiger charge is 2.16. The third-order valence-electron chi connectivity index (χ3n) is 3.14. The first-order valence-electron chi connectivity index (χ1n) is 6.64. The summed E-state index contributed by atoms with van der Waals surface area (Å²) >= 11 is 0. The van der Waals surface area contributed by atoms with Crippen molar-refractivity contribution in [3.05, 3.63) is 29.3 Å². The molecule has 2 N–H and O–H groups in total. The Hall–Kier alpha value is -1.06. The van der Waals surface area contributed by atoms with E-state index in [1.165, 1.54) is 0 Å². The predicted molar refractivity (Wildman–Crippen MR) is 75.0 cm³/mol. The Morgan fingerprint density at radius 3 is 2.50 bits per heavy atom. The van der Waals surface area contributed by atoms with Gasteiger partial charge in [-0.25, -0.2) is 0 Å². The molecule has 0 spiro atoms. The molecule has 0 aliphatic rings. The summed E-state index contributed by atoms with van der Waals surface area (Å²) in [4.78, 5) is 0. The minimum Gasteiger partial charge on any atom is -0.488 e. The van der Waals surface area contributed by atoms with E-state index in [1.807, 2.05) is 19.9 Å². The van der Waals surface area contributed by atoms with Crippen LogP contribution in [0.3, 0.4) is 0 Å². The summed E-state index contributed by atoms with van der Waals surface area (Å²) in [5.74, 6) is 0.858. The maximum absolute atomic E-state index is 9.54. The van der Waals surface area contributed by atoms with Crippen LogP contribution in [0, 0.1) is 6.92 Å². The number of aryl methyl sites for hydroxylation is 1. The van der Waals surface area contributed by atoms with Crippen molar-refractivity contribution in [2.45, 2.75) is 52.9 Å². The van der Waals surface area contributed by atoms with Crippen molar-refractivity contribution in [1.29, 1.82) is 0 Å². The van der Waals surface area contributed by atoms with Crippen LogP contribution < -0.4 is 10.1 Å². The van der Waals surface area contributed by atoms with E-state index in [2.05, 4.69) is 31.3 Å². The summed E-state index contributed by atoms with van der Waals surface area (Å²) in [5.41, 5.74) is 2.30. The second-order valence-electron chi connectivity index (χ2n) is 4.88. The van der Waals surface area contributed by atoms with E-state index in [0.29, 0.717) is 0 Å². The number of aliphatic hydroxyl groups is 1. The molecule has 102 valence electrons. The standard InChI is InChI=1S/C15H25NO2/c1-6-16-11(3)14-8-7-10(2)9-15(14)18-13(5)12(4)17/h7-9,11-13,16-17H,6H2,1-5H3. The van der Waals surface area contributed by atoms with Gasteiger partial charge < -0.3 is 15.2 Å². The van der Waals surface area contributed by atoms with Gasteiger partial charge in [0, 0.05) is 11.6 Å². The van der Waals surface area contributed by atoms with Gasteiger partial charge in [0.1, 0.15) is 11.9 Å². The number of nitrogens with one attached hydrogen (secondary N) is 1. The van der Waals surface area contributed by atoms with Gasteiger partial charge in [0.2, 0.25) is 0 Å². The van der Waals surface area contributed by atoms with E-state index in [0.717, 1.165) is 23.4 Å². The number of rotatable bonds is 6. The largest absolute Gasteiger partial charge is 0.488 e. The van der Waals surface area contributed by atoms with Gasteiger partial charge >= 0.3 is 0 Å². The molecule has 0 radical (unpaired) electrons. The fraction of sp³-hybridized carbons (Fsp3) is 0.600. The Bertz CT molecular complexity index is 377. The topological polar surface area (TPSA) is 41.5 Å². The molecule has 0 fully saturated rings. The highest BCUT2D eigenvalue weighted by Crippen LogP contribution is 2.27. The molecule has 0 amide bonds. The molecule has 18 heavy (non-hydrogen) atoms. The molecule has 0 aliphatic carbocycles. The van der Waals surface area contributed by atoms with E-state index in [4.69, 9.17) is 4.74 Å². The SMILES string of the molecule is CCNC(C)c1ccc(C)cc1OC(C)C(C)O. The molecular formula is C15H25NO2. The van der Waals surface area contributed by atoms with Crippen molar-refractivity contribution in [3.63, 3.8) is 0 Å². The van der Waals surface area contributed by atoms with Gasteiger partial charge in [-0.1, -0.05) is 19.1 Å². The summed E-state index contributed by atoms with van der Waals surface area (Å²) in [7, 11) is 0. The molecule has 3 heteroatoms. The van der Waals surface area contributed by atoms with Crippen molar-refractivity contribution in [3.8, 4) is 5.75 Å². The number of hydrogen-bond donors (Lipinski definition) is 2. The molecule has 0 saturated carbocycles. The summed E-state index contributed by atoms with van der Waals surface area (Å²) < 4.78 is 5.87. The van der Waals surface area contributed by atoms with Gasteiger partial charge in [0.25, 0.3) is 0 Å². The zero-order valence-electron chi connectivity index (χ0n) is 12.0. The van der Waals surface area contributed by atoms with Crippen molar-refractivity contribution in [2.24, 2.45) is 0 Å². The van der Waals surface area contributed by atoms with Crippen molar-refractivity contribution >= 4 is 0 Å². The first-order valence-corrected chi connectivity index (χ1v) is 6.64. The zero-order valence-corrected chi connectivity index (χ0v) is 12.0. The molecule has 3 unspecified atom stereocenters. The summed E-state index contributed by atoms with van der Waals surface area (Å²) in [6.07, 6.45) is -0.688. The van der Waals surface area contributed by atoms with E-state index in [1.54, 1.807) is 6.92 Å². The van der Waals surface area contributed by atoms with Gasteiger partial charge in [-0.05, 0) is 45.9 Å². The second-order valence-corrected chi connectivity index (χ2v) is 4.88. The number of benzene rings is 1. The molecule has 1 rings (SSSR count). The first-order chi connectivity index (χ1) is 8.45. The van der Waals surface area contributed by atoms with E-state index in [-0.39, 0.29) is 12.1 Å². The third kappa shape index (κ3) is 4.00. The molecule has 0 saturated heterocycles. The van der Waals surface area contributed by atoms with Crippen LogP contribution in [0.4, 0.5) is 0 Å². The molecule has 3 nitrogen and oxygen atoms in total. The Labute approximate surface area is 110 Å². The van der Waals surface area contributed by atoms with Gasteiger partial charge in [-0.2, -0.15) is 0 Å². The van der Waals surface area contributed by atoms with Crippen LogP contribution in [0.1, 0.15) is 44.9 Å². The van der Waals surface area contributed by atoms with E-state index in [9.17, 15) is 5.11 Å². The maximum atomic E-state index is 9.54. The first kappa shape index (κ1) is 15.0. The number of ether oxygens (including phenoxy) is 1. The molecule has 0 aliphatic heterocycles. The monoisotopic (exact) mass is 251 g/mol. The molecule has 0 heterocycles. The average Bonchev–Trinajstić information content (AvgIpc) is 2.29. The third-order valence-corrected chi connectivity index (χ3v) is 3.14. The smallest absolute Gasteiger partial charge is 0.124 e. The second kappa shape index (κ2) is 6.76. The fourth-order valence-corrected chi connectivity index (χ4v) is 1.82. The minimum absolute atomic E-state index is 0.209. The van der Waals surface area contributed by atoms with Crippen LogP contribution >= 0.6 is 0 Å². The van der Waals surface area contributed by atoms with Crippen molar-refractivity contribution in [1.82, 2.24) is 5.32 Å². The van der Waals surface area contributed by atoms with Gasteiger partial charge in [-0.3, -0.25) is 0 Å². The number of aliphatic hydroxyl groups excluding tert-OH is 1.